The molecule has 1 N–H and O–H groups in total. The summed E-state index contributed by atoms with van der Waals surface area (Å²) < 4.78 is 0. The number of aromatic nitrogens is 2. The van der Waals surface area contributed by atoms with Gasteiger partial charge in [-0.2, -0.15) is 0 Å². The molecule has 82 valence electrons. The third kappa shape index (κ3) is 2.64. The highest BCUT2D eigenvalue weighted by atomic mass is 32.1. The quantitative estimate of drug-likeness (QED) is 0.879. The lowest BCUT2D eigenvalue weighted by molar-refractivity contribution is 0.0951. The van der Waals surface area contributed by atoms with E-state index in [4.69, 9.17) is 0 Å². The number of amides is 1. The molecule has 0 aliphatic heterocycles. The Bertz CT molecular complexity index is 481. The molecule has 0 aliphatic carbocycles. The van der Waals surface area contributed by atoms with Crippen LogP contribution in [0.5, 0.6) is 0 Å². The van der Waals surface area contributed by atoms with Gasteiger partial charge < -0.3 is 5.32 Å². The molecule has 0 spiro atoms. The molecule has 1 aromatic heterocycles. The van der Waals surface area contributed by atoms with Crippen LogP contribution in [0.25, 0.3) is 0 Å². The summed E-state index contributed by atoms with van der Waals surface area (Å²) in [6, 6.07) is 9.11. The average Bonchev–Trinajstić information content (AvgIpc) is 2.73. The molecule has 0 fully saturated rings. The largest absolute Gasteiger partial charge is 0.345 e. The summed E-state index contributed by atoms with van der Waals surface area (Å²) in [5.41, 5.74) is 0.656. The average molecular weight is 233 g/mol. The van der Waals surface area contributed by atoms with Crippen LogP contribution < -0.4 is 5.32 Å². The lowest BCUT2D eigenvalue weighted by atomic mass is 10.2. The van der Waals surface area contributed by atoms with Gasteiger partial charge in [-0.15, -0.1) is 10.2 Å². The van der Waals surface area contributed by atoms with Crippen LogP contribution in [0.1, 0.15) is 20.4 Å². The fourth-order valence-corrected chi connectivity index (χ4v) is 1.91. The van der Waals surface area contributed by atoms with Crippen molar-refractivity contribution in [1.29, 1.82) is 0 Å². The van der Waals surface area contributed by atoms with E-state index in [9.17, 15) is 4.79 Å². The maximum atomic E-state index is 11.7. The standard InChI is InChI=1S/C11H11N3OS/c1-8-13-14-10(16-8)7-12-11(15)9-5-3-2-4-6-9/h2-6H,7H2,1H3,(H,12,15). The summed E-state index contributed by atoms with van der Waals surface area (Å²) in [7, 11) is 0. The summed E-state index contributed by atoms with van der Waals surface area (Å²) in [6.45, 7) is 2.32. The van der Waals surface area contributed by atoms with Gasteiger partial charge >= 0.3 is 0 Å². The SMILES string of the molecule is Cc1nnc(CNC(=O)c2ccccc2)s1. The summed E-state index contributed by atoms with van der Waals surface area (Å²) in [6.07, 6.45) is 0. The molecule has 1 aromatic carbocycles. The second-order valence-corrected chi connectivity index (χ2v) is 4.53. The molecular formula is C11H11N3OS. The number of hydrogen-bond acceptors (Lipinski definition) is 4. The molecule has 0 aliphatic rings. The van der Waals surface area contributed by atoms with Gasteiger partial charge in [0.2, 0.25) is 0 Å². The van der Waals surface area contributed by atoms with Crippen LogP contribution >= 0.6 is 11.3 Å². The fourth-order valence-electron chi connectivity index (χ4n) is 1.26. The Morgan fingerprint density at radius 2 is 2.06 bits per heavy atom. The van der Waals surface area contributed by atoms with Crippen molar-refractivity contribution in [3.05, 3.63) is 45.9 Å². The van der Waals surface area contributed by atoms with E-state index in [1.54, 1.807) is 12.1 Å². The van der Waals surface area contributed by atoms with E-state index in [0.29, 0.717) is 12.1 Å². The van der Waals surface area contributed by atoms with Crippen LogP contribution in [-0.4, -0.2) is 16.1 Å². The van der Waals surface area contributed by atoms with Crippen LogP contribution in [0.3, 0.4) is 0 Å². The van der Waals surface area contributed by atoms with E-state index >= 15 is 0 Å². The molecule has 0 radical (unpaired) electrons. The topological polar surface area (TPSA) is 54.9 Å². The zero-order chi connectivity index (χ0) is 11.4. The van der Waals surface area contributed by atoms with Gasteiger partial charge in [-0.1, -0.05) is 29.5 Å². The van der Waals surface area contributed by atoms with Crippen LogP contribution in [0.2, 0.25) is 0 Å². The molecule has 2 aromatic rings. The van der Waals surface area contributed by atoms with Crippen LogP contribution in [-0.2, 0) is 6.54 Å². The highest BCUT2D eigenvalue weighted by Crippen LogP contribution is 2.07. The molecule has 0 saturated carbocycles. The van der Waals surface area contributed by atoms with Crippen molar-refractivity contribution < 1.29 is 4.79 Å². The molecule has 4 nitrogen and oxygen atoms in total. The molecule has 0 bridgehead atoms. The number of carbonyl (C=O) groups is 1. The highest BCUT2D eigenvalue weighted by Gasteiger charge is 2.05. The molecule has 0 saturated heterocycles. The van der Waals surface area contributed by atoms with E-state index < -0.39 is 0 Å². The molecular weight excluding hydrogens is 222 g/mol. The van der Waals surface area contributed by atoms with Crippen molar-refractivity contribution in [2.45, 2.75) is 13.5 Å². The summed E-state index contributed by atoms with van der Waals surface area (Å²) >= 11 is 1.49. The van der Waals surface area contributed by atoms with Gasteiger partial charge in [-0.25, -0.2) is 0 Å². The number of benzene rings is 1. The summed E-state index contributed by atoms with van der Waals surface area (Å²) in [5.74, 6) is -0.0894. The Labute approximate surface area is 97.3 Å². The number of nitrogens with one attached hydrogen (secondary N) is 1. The van der Waals surface area contributed by atoms with Crippen molar-refractivity contribution >= 4 is 17.2 Å². The monoisotopic (exact) mass is 233 g/mol. The maximum absolute atomic E-state index is 11.7. The third-order valence-electron chi connectivity index (χ3n) is 2.00. The molecule has 0 unspecified atom stereocenters. The lowest BCUT2D eigenvalue weighted by Gasteiger charge is -2.01. The second-order valence-electron chi connectivity index (χ2n) is 3.26. The van der Waals surface area contributed by atoms with E-state index in [-0.39, 0.29) is 5.91 Å². The molecule has 1 amide bonds. The Morgan fingerprint density at radius 3 is 2.69 bits per heavy atom. The minimum atomic E-state index is -0.0894. The molecule has 5 heteroatoms. The van der Waals surface area contributed by atoms with Gasteiger partial charge in [0.05, 0.1) is 6.54 Å². The zero-order valence-electron chi connectivity index (χ0n) is 8.80. The summed E-state index contributed by atoms with van der Waals surface area (Å²) in [4.78, 5) is 11.7. The van der Waals surface area contributed by atoms with Crippen LogP contribution in [0, 0.1) is 6.92 Å². The number of carbonyl (C=O) groups excluding carboxylic acids is 1. The lowest BCUT2D eigenvalue weighted by Crippen LogP contribution is -2.22. The van der Waals surface area contributed by atoms with Crippen LogP contribution in [0.15, 0.2) is 30.3 Å². The van der Waals surface area contributed by atoms with Gasteiger partial charge in [0.15, 0.2) is 0 Å². The van der Waals surface area contributed by atoms with Gasteiger partial charge in [0, 0.05) is 5.56 Å². The van der Waals surface area contributed by atoms with E-state index in [1.807, 2.05) is 25.1 Å². The number of hydrogen-bond donors (Lipinski definition) is 1. The second kappa shape index (κ2) is 4.85. The van der Waals surface area contributed by atoms with Crippen molar-refractivity contribution in [2.75, 3.05) is 0 Å². The van der Waals surface area contributed by atoms with Crippen molar-refractivity contribution in [3.63, 3.8) is 0 Å². The predicted octanol–water partition coefficient (Wildman–Crippen LogP) is 1.78. The smallest absolute Gasteiger partial charge is 0.251 e. The van der Waals surface area contributed by atoms with Gasteiger partial charge in [0.25, 0.3) is 5.91 Å². The number of aryl methyl sites for hydroxylation is 1. The van der Waals surface area contributed by atoms with Crippen molar-refractivity contribution in [1.82, 2.24) is 15.5 Å². The summed E-state index contributed by atoms with van der Waals surface area (Å²) in [5, 5.41) is 12.3. The first-order valence-electron chi connectivity index (χ1n) is 4.88. The third-order valence-corrected chi connectivity index (χ3v) is 2.84. The first-order chi connectivity index (χ1) is 7.75. The van der Waals surface area contributed by atoms with Crippen molar-refractivity contribution in [3.8, 4) is 0 Å². The Hall–Kier alpha value is -1.75. The van der Waals surface area contributed by atoms with E-state index in [2.05, 4.69) is 15.5 Å². The Kier molecular flexibility index (Phi) is 3.26. The van der Waals surface area contributed by atoms with Gasteiger partial charge in [-0.05, 0) is 19.1 Å². The minimum absolute atomic E-state index is 0.0894. The van der Waals surface area contributed by atoms with Crippen LogP contribution in [0.4, 0.5) is 0 Å². The Morgan fingerprint density at radius 1 is 1.31 bits per heavy atom. The first kappa shape index (κ1) is 10.8. The zero-order valence-corrected chi connectivity index (χ0v) is 9.62. The van der Waals surface area contributed by atoms with E-state index in [0.717, 1.165) is 10.0 Å². The maximum Gasteiger partial charge on any atom is 0.251 e. The molecule has 0 atom stereocenters. The molecule has 2 rings (SSSR count). The van der Waals surface area contributed by atoms with Gasteiger partial charge in [0.1, 0.15) is 10.0 Å². The first-order valence-corrected chi connectivity index (χ1v) is 5.69. The number of rotatable bonds is 3. The highest BCUT2D eigenvalue weighted by molar-refractivity contribution is 7.11. The normalized spacial score (nSPS) is 10.1. The van der Waals surface area contributed by atoms with Gasteiger partial charge in [-0.3, -0.25) is 4.79 Å². The van der Waals surface area contributed by atoms with E-state index in [1.165, 1.54) is 11.3 Å². The number of nitrogens with zero attached hydrogens (tertiary/aromatic N) is 2. The predicted molar refractivity (Wildman–Crippen MR) is 62.3 cm³/mol. The minimum Gasteiger partial charge on any atom is -0.345 e. The molecule has 16 heavy (non-hydrogen) atoms. The fraction of sp³-hybridized carbons (Fsp3) is 0.182. The van der Waals surface area contributed by atoms with Crippen molar-refractivity contribution in [2.24, 2.45) is 0 Å². The Balaban J connectivity index is 1.94. The molecule has 1 heterocycles.